The third kappa shape index (κ3) is 3.52. The Morgan fingerprint density at radius 1 is 1.20 bits per heavy atom. The van der Waals surface area contributed by atoms with Gasteiger partial charge in [0.1, 0.15) is 5.76 Å². The molecule has 2 aliphatic heterocycles. The highest BCUT2D eigenvalue weighted by atomic mass is 16.5. The summed E-state index contributed by atoms with van der Waals surface area (Å²) in [6.45, 7) is 0.847. The molecule has 7 nitrogen and oxygen atoms in total. The summed E-state index contributed by atoms with van der Waals surface area (Å²) < 4.78 is 10.8. The van der Waals surface area contributed by atoms with Gasteiger partial charge in [0.2, 0.25) is 0 Å². The lowest BCUT2D eigenvalue weighted by Crippen LogP contribution is -2.36. The molecule has 4 rings (SSSR count). The summed E-state index contributed by atoms with van der Waals surface area (Å²) in [4.78, 5) is 27.3. The van der Waals surface area contributed by atoms with Gasteiger partial charge in [0.05, 0.1) is 24.8 Å². The number of ether oxygens (including phenoxy) is 2. The monoisotopic (exact) mass is 409 g/mol. The molecule has 2 heterocycles. The predicted molar refractivity (Wildman–Crippen MR) is 109 cm³/mol. The Bertz CT molecular complexity index is 994. The Labute approximate surface area is 174 Å². The number of benzene rings is 2. The largest absolute Gasteiger partial charge is 0.507 e. The molecule has 1 amide bonds. The number of amides is 1. The van der Waals surface area contributed by atoms with E-state index in [2.05, 4.69) is 0 Å². The van der Waals surface area contributed by atoms with E-state index in [4.69, 9.17) is 9.47 Å². The fraction of sp³-hybridized carbons (Fsp3) is 0.304. The fourth-order valence-corrected chi connectivity index (χ4v) is 4.05. The van der Waals surface area contributed by atoms with Gasteiger partial charge in [-0.25, -0.2) is 0 Å². The average molecular weight is 409 g/mol. The second-order valence-electron chi connectivity index (χ2n) is 7.38. The van der Waals surface area contributed by atoms with Crippen LogP contribution in [-0.4, -0.2) is 53.2 Å². The number of aliphatic hydroxyl groups is 1. The van der Waals surface area contributed by atoms with Crippen LogP contribution in [0.25, 0.3) is 5.76 Å². The number of carbonyl (C=O) groups is 2. The van der Waals surface area contributed by atoms with Crippen molar-refractivity contribution in [3.8, 4) is 11.5 Å². The SMILES string of the molecule is COc1ccc(C2/C(=C(/O)c3ccccc3)C(=O)C(=O)N2CC2CCCO2)cc1O. The number of Topliss-reactive ketones (excluding diaryl/α,β-unsaturated/α-hetero) is 1. The number of methoxy groups -OCH3 is 1. The summed E-state index contributed by atoms with van der Waals surface area (Å²) in [7, 11) is 1.44. The van der Waals surface area contributed by atoms with Gasteiger partial charge in [-0.05, 0) is 30.5 Å². The zero-order chi connectivity index (χ0) is 21.3. The molecule has 7 heteroatoms. The molecule has 0 bridgehead atoms. The van der Waals surface area contributed by atoms with Crippen molar-refractivity contribution in [1.29, 1.82) is 0 Å². The molecule has 2 aliphatic rings. The smallest absolute Gasteiger partial charge is 0.295 e. The zero-order valence-corrected chi connectivity index (χ0v) is 16.6. The average Bonchev–Trinajstić information content (AvgIpc) is 3.36. The fourth-order valence-electron chi connectivity index (χ4n) is 4.05. The number of nitrogens with zero attached hydrogens (tertiary/aromatic N) is 1. The first-order valence-electron chi connectivity index (χ1n) is 9.83. The number of hydrogen-bond acceptors (Lipinski definition) is 6. The second kappa shape index (κ2) is 8.20. The van der Waals surface area contributed by atoms with Gasteiger partial charge < -0.3 is 24.6 Å². The van der Waals surface area contributed by atoms with E-state index in [0.29, 0.717) is 17.7 Å². The van der Waals surface area contributed by atoms with E-state index in [1.165, 1.54) is 18.1 Å². The van der Waals surface area contributed by atoms with Crippen molar-refractivity contribution >= 4 is 17.4 Å². The lowest BCUT2D eigenvalue weighted by atomic mass is 9.95. The topological polar surface area (TPSA) is 96.3 Å². The lowest BCUT2D eigenvalue weighted by molar-refractivity contribution is -0.140. The molecule has 0 saturated carbocycles. The van der Waals surface area contributed by atoms with Gasteiger partial charge >= 0.3 is 0 Å². The molecule has 2 unspecified atom stereocenters. The Hall–Kier alpha value is -3.32. The Balaban J connectivity index is 1.83. The molecule has 2 aromatic rings. The summed E-state index contributed by atoms with van der Waals surface area (Å²) in [6, 6.07) is 12.5. The van der Waals surface area contributed by atoms with Crippen molar-refractivity contribution in [3.63, 3.8) is 0 Å². The van der Waals surface area contributed by atoms with Crippen LogP contribution in [-0.2, 0) is 14.3 Å². The minimum absolute atomic E-state index is 0.00577. The van der Waals surface area contributed by atoms with Gasteiger partial charge in [-0.15, -0.1) is 0 Å². The van der Waals surface area contributed by atoms with Crippen molar-refractivity contribution in [2.24, 2.45) is 0 Å². The summed E-state index contributed by atoms with van der Waals surface area (Å²) in [5, 5.41) is 21.2. The van der Waals surface area contributed by atoms with E-state index in [1.54, 1.807) is 42.5 Å². The van der Waals surface area contributed by atoms with Gasteiger partial charge in [-0.1, -0.05) is 36.4 Å². The molecule has 2 atom stereocenters. The number of hydrogen-bond donors (Lipinski definition) is 2. The van der Waals surface area contributed by atoms with E-state index >= 15 is 0 Å². The van der Waals surface area contributed by atoms with Gasteiger partial charge in [0.25, 0.3) is 11.7 Å². The molecule has 0 aromatic heterocycles. The summed E-state index contributed by atoms with van der Waals surface area (Å²) >= 11 is 0. The van der Waals surface area contributed by atoms with Crippen LogP contribution in [0.2, 0.25) is 0 Å². The number of aromatic hydroxyl groups is 1. The van der Waals surface area contributed by atoms with Crippen LogP contribution in [0, 0.1) is 0 Å². The molecule has 2 fully saturated rings. The number of likely N-dealkylation sites (tertiary alicyclic amines) is 1. The molecular formula is C23H23NO6. The van der Waals surface area contributed by atoms with E-state index < -0.39 is 17.7 Å². The molecule has 0 aliphatic carbocycles. The summed E-state index contributed by atoms with van der Waals surface area (Å²) in [6.07, 6.45) is 1.52. The minimum atomic E-state index is -0.841. The van der Waals surface area contributed by atoms with E-state index in [-0.39, 0.29) is 35.5 Å². The molecular weight excluding hydrogens is 386 g/mol. The van der Waals surface area contributed by atoms with Gasteiger partial charge in [-0.2, -0.15) is 0 Å². The van der Waals surface area contributed by atoms with Crippen LogP contribution in [0.5, 0.6) is 11.5 Å². The van der Waals surface area contributed by atoms with Crippen LogP contribution in [0.4, 0.5) is 0 Å². The number of phenolic OH excluding ortho intramolecular Hbond substituents is 1. The van der Waals surface area contributed by atoms with E-state index in [1.807, 2.05) is 0 Å². The highest BCUT2D eigenvalue weighted by Crippen LogP contribution is 2.42. The number of rotatable bonds is 5. The molecule has 2 aromatic carbocycles. The highest BCUT2D eigenvalue weighted by molar-refractivity contribution is 6.46. The second-order valence-corrected chi connectivity index (χ2v) is 7.38. The zero-order valence-electron chi connectivity index (χ0n) is 16.6. The maximum absolute atomic E-state index is 13.0. The molecule has 0 spiro atoms. The minimum Gasteiger partial charge on any atom is -0.507 e. The van der Waals surface area contributed by atoms with Gasteiger partial charge in [0.15, 0.2) is 11.5 Å². The van der Waals surface area contributed by atoms with Crippen LogP contribution in [0.3, 0.4) is 0 Å². The first kappa shape index (κ1) is 20.0. The standard InChI is InChI=1S/C23H23NO6/c1-29-18-10-9-15(12-17(18)25)20-19(21(26)14-6-3-2-4-7-14)22(27)23(28)24(20)13-16-8-5-11-30-16/h2-4,6-7,9-10,12,16,20,25-26H,5,8,11,13H2,1H3/b21-19-. The normalized spacial score (nSPS) is 23.2. The molecule has 2 saturated heterocycles. The molecule has 30 heavy (non-hydrogen) atoms. The Kier molecular flexibility index (Phi) is 5.46. The predicted octanol–water partition coefficient (Wildman–Crippen LogP) is 3.00. The van der Waals surface area contributed by atoms with Crippen molar-refractivity contribution in [3.05, 3.63) is 65.2 Å². The number of carbonyl (C=O) groups excluding carboxylic acids is 2. The first-order chi connectivity index (χ1) is 14.5. The maximum Gasteiger partial charge on any atom is 0.295 e. The van der Waals surface area contributed by atoms with Crippen LogP contribution >= 0.6 is 0 Å². The number of phenols is 1. The van der Waals surface area contributed by atoms with Crippen molar-refractivity contribution in [2.75, 3.05) is 20.3 Å². The first-order valence-corrected chi connectivity index (χ1v) is 9.83. The third-order valence-electron chi connectivity index (χ3n) is 5.53. The van der Waals surface area contributed by atoms with Crippen molar-refractivity contribution < 1.29 is 29.3 Å². The van der Waals surface area contributed by atoms with E-state index in [9.17, 15) is 19.8 Å². The molecule has 0 radical (unpaired) electrons. The highest BCUT2D eigenvalue weighted by Gasteiger charge is 2.47. The molecule has 156 valence electrons. The summed E-state index contributed by atoms with van der Waals surface area (Å²) in [5.74, 6) is -1.53. The quantitative estimate of drug-likeness (QED) is 0.448. The number of aliphatic hydroxyl groups excluding tert-OH is 1. The Morgan fingerprint density at radius 2 is 1.97 bits per heavy atom. The maximum atomic E-state index is 13.0. The number of ketones is 1. The third-order valence-corrected chi connectivity index (χ3v) is 5.53. The summed E-state index contributed by atoms with van der Waals surface area (Å²) in [5.41, 5.74) is 0.937. The van der Waals surface area contributed by atoms with Crippen LogP contribution < -0.4 is 4.74 Å². The van der Waals surface area contributed by atoms with Crippen LogP contribution in [0.1, 0.15) is 30.0 Å². The van der Waals surface area contributed by atoms with Gasteiger partial charge in [-0.3, -0.25) is 9.59 Å². The van der Waals surface area contributed by atoms with E-state index in [0.717, 1.165) is 12.8 Å². The van der Waals surface area contributed by atoms with Crippen molar-refractivity contribution in [2.45, 2.75) is 25.0 Å². The van der Waals surface area contributed by atoms with Crippen molar-refractivity contribution in [1.82, 2.24) is 4.90 Å². The van der Waals surface area contributed by atoms with Gasteiger partial charge in [0, 0.05) is 18.7 Å². The Morgan fingerprint density at radius 3 is 2.60 bits per heavy atom. The lowest BCUT2D eigenvalue weighted by Gasteiger charge is -2.27. The molecule has 2 N–H and O–H groups in total. The van der Waals surface area contributed by atoms with Crippen LogP contribution in [0.15, 0.2) is 54.1 Å².